The summed E-state index contributed by atoms with van der Waals surface area (Å²) >= 11 is 2.63. The van der Waals surface area contributed by atoms with Gasteiger partial charge in [0.25, 0.3) is 0 Å². The molecule has 1 fully saturated rings. The molecule has 0 saturated carbocycles. The third kappa shape index (κ3) is 3.34. The van der Waals surface area contributed by atoms with E-state index in [1.54, 1.807) is 0 Å². The van der Waals surface area contributed by atoms with Crippen LogP contribution in [-0.4, -0.2) is 22.4 Å². The zero-order valence-corrected chi connectivity index (χ0v) is 12.7. The number of thioether (sulfide) groups is 2. The first-order chi connectivity index (χ1) is 8.32. The van der Waals surface area contributed by atoms with Crippen LogP contribution in [-0.2, 0) is 4.29 Å². The molecule has 8 heteroatoms. The Morgan fingerprint density at radius 3 is 2.00 bits per heavy atom. The molecule has 18 heavy (non-hydrogen) atoms. The van der Waals surface area contributed by atoms with Gasteiger partial charge in [-0.05, 0) is 36.5 Å². The molecule has 0 aliphatic carbocycles. The molecule has 2 aliphatic heterocycles. The fraction of sp³-hybridized carbons (Fsp3) is 0.800. The Hall–Kier alpha value is 0.530. The van der Waals surface area contributed by atoms with Crippen LogP contribution in [0, 0.1) is 10.2 Å². The van der Waals surface area contributed by atoms with E-state index in [0.29, 0.717) is 0 Å². The first kappa shape index (κ1) is 14.9. The monoisotopic (exact) mass is 313 g/mol. The summed E-state index contributed by atoms with van der Waals surface area (Å²) in [5.41, 5.74) is 0. The molecule has 104 valence electrons. The van der Waals surface area contributed by atoms with Crippen LogP contribution in [0.2, 0.25) is 0 Å². The predicted molar refractivity (Wildman–Crippen MR) is 62.8 cm³/mol. The van der Waals surface area contributed by atoms with E-state index < -0.39 is 14.6 Å². The molecule has 0 aromatic rings. The van der Waals surface area contributed by atoms with Crippen LogP contribution in [0.4, 0.5) is 0 Å². The SMILES string of the molecule is CC1=C(C)SC(O[Cl+3]([O-])([O-])[O-])(N2CCCCC2)S1. The maximum absolute atomic E-state index is 11.0. The summed E-state index contributed by atoms with van der Waals surface area (Å²) in [4.78, 5) is 3.96. The number of allylic oxidation sites excluding steroid dienone is 2. The van der Waals surface area contributed by atoms with Gasteiger partial charge in [0.15, 0.2) is 0 Å². The molecule has 0 N–H and O–H groups in total. The summed E-state index contributed by atoms with van der Waals surface area (Å²) in [5, 5.41) is 0. The Kier molecular flexibility index (Phi) is 4.56. The standard InChI is InChI=1S/C10H16ClNO4S2/c1-8-9(2)18-10(17-8,16-11(13,14)15)12-6-4-3-5-7-12/h3-7H2,1-2H3. The molecule has 2 heterocycles. The Balaban J connectivity index is 2.18. The number of hydrogen-bond donors (Lipinski definition) is 0. The van der Waals surface area contributed by atoms with Gasteiger partial charge in [-0.15, -0.1) is 0 Å². The summed E-state index contributed by atoms with van der Waals surface area (Å²) in [6.45, 7) is 5.34. The van der Waals surface area contributed by atoms with Crippen LogP contribution >= 0.6 is 23.5 Å². The Morgan fingerprint density at radius 1 is 1.06 bits per heavy atom. The molecule has 0 spiro atoms. The fourth-order valence-electron chi connectivity index (χ4n) is 2.05. The van der Waals surface area contributed by atoms with Gasteiger partial charge in [0.1, 0.15) is 4.29 Å². The molecule has 0 amide bonds. The molecule has 0 atom stereocenters. The van der Waals surface area contributed by atoms with Crippen molar-refractivity contribution in [3.05, 3.63) is 9.81 Å². The van der Waals surface area contributed by atoms with Crippen molar-refractivity contribution >= 4 is 23.5 Å². The summed E-state index contributed by atoms with van der Waals surface area (Å²) in [7, 11) is -4.43. The van der Waals surface area contributed by atoms with Gasteiger partial charge in [-0.25, -0.2) is 4.90 Å². The van der Waals surface area contributed by atoms with Crippen LogP contribution < -0.4 is 14.0 Å². The lowest BCUT2D eigenvalue weighted by molar-refractivity contribution is -1.92. The fourth-order valence-corrected chi connectivity index (χ4v) is 5.95. The summed E-state index contributed by atoms with van der Waals surface area (Å²) in [6, 6.07) is 0. The number of hydrogen-bond acceptors (Lipinski definition) is 7. The molecule has 0 bridgehead atoms. The minimum atomic E-state index is -4.43. The number of nitrogens with zero attached hydrogens (tertiary/aromatic N) is 1. The molecule has 2 rings (SSSR count). The second-order valence-electron chi connectivity index (χ2n) is 4.34. The van der Waals surface area contributed by atoms with Crippen LogP contribution in [0.15, 0.2) is 9.81 Å². The lowest BCUT2D eigenvalue weighted by Gasteiger charge is -2.36. The topological polar surface area (TPSA) is 81.6 Å². The maximum atomic E-state index is 11.0. The zero-order chi connectivity index (χ0) is 13.4. The largest absolute Gasteiger partial charge is 0.380 e. The van der Waals surface area contributed by atoms with Crippen molar-refractivity contribution < 1.29 is 28.5 Å². The summed E-state index contributed by atoms with van der Waals surface area (Å²) in [6.07, 6.45) is 3.13. The molecule has 0 aromatic carbocycles. The van der Waals surface area contributed by atoms with E-state index in [2.05, 4.69) is 0 Å². The minimum absolute atomic E-state index is 0.756. The van der Waals surface area contributed by atoms with E-state index >= 15 is 0 Å². The van der Waals surface area contributed by atoms with Gasteiger partial charge in [0.2, 0.25) is 0 Å². The van der Waals surface area contributed by atoms with E-state index in [0.717, 1.165) is 42.2 Å². The van der Waals surface area contributed by atoms with Crippen LogP contribution in [0.3, 0.4) is 0 Å². The second kappa shape index (κ2) is 5.49. The highest BCUT2D eigenvalue weighted by Crippen LogP contribution is 2.57. The average Bonchev–Trinajstić information content (AvgIpc) is 2.54. The highest BCUT2D eigenvalue weighted by molar-refractivity contribution is 8.24. The van der Waals surface area contributed by atoms with E-state index in [4.69, 9.17) is 4.29 Å². The van der Waals surface area contributed by atoms with E-state index in [1.165, 1.54) is 23.5 Å². The van der Waals surface area contributed by atoms with Crippen LogP contribution in [0.25, 0.3) is 0 Å². The van der Waals surface area contributed by atoms with Crippen molar-refractivity contribution in [2.45, 2.75) is 37.5 Å². The number of rotatable bonds is 3. The summed E-state index contributed by atoms with van der Waals surface area (Å²) in [5.74, 6) is 0. The first-order valence-electron chi connectivity index (χ1n) is 5.74. The smallest absolute Gasteiger partial charge is 0.243 e. The summed E-state index contributed by atoms with van der Waals surface area (Å²) < 4.78 is 36.7. The first-order valence-corrected chi connectivity index (χ1v) is 8.61. The quantitative estimate of drug-likeness (QED) is 0.709. The highest BCUT2D eigenvalue weighted by Gasteiger charge is 2.57. The third-order valence-electron chi connectivity index (χ3n) is 3.00. The normalized spacial score (nSPS) is 25.8. The van der Waals surface area contributed by atoms with Gasteiger partial charge in [-0.1, -0.05) is 29.9 Å². The minimum Gasteiger partial charge on any atom is -0.243 e. The number of halogens is 1. The lowest BCUT2D eigenvalue weighted by Crippen LogP contribution is -2.66. The average molecular weight is 314 g/mol. The second-order valence-corrected chi connectivity index (χ2v) is 8.25. The maximum Gasteiger partial charge on any atom is 0.380 e. The van der Waals surface area contributed by atoms with Crippen molar-refractivity contribution in [2.75, 3.05) is 13.1 Å². The lowest BCUT2D eigenvalue weighted by atomic mass is 10.1. The Bertz CT molecular complexity index is 338. The van der Waals surface area contributed by atoms with Gasteiger partial charge in [-0.3, -0.25) is 0 Å². The van der Waals surface area contributed by atoms with Crippen molar-refractivity contribution in [3.63, 3.8) is 0 Å². The van der Waals surface area contributed by atoms with E-state index in [-0.39, 0.29) is 0 Å². The van der Waals surface area contributed by atoms with Crippen molar-refractivity contribution in [1.29, 1.82) is 0 Å². The Morgan fingerprint density at radius 2 is 1.56 bits per heavy atom. The van der Waals surface area contributed by atoms with E-state index in [1.807, 2.05) is 18.7 Å². The molecule has 2 aliphatic rings. The van der Waals surface area contributed by atoms with Crippen molar-refractivity contribution in [2.24, 2.45) is 0 Å². The number of piperidine rings is 1. The van der Waals surface area contributed by atoms with Gasteiger partial charge in [0.05, 0.1) is 10.2 Å². The van der Waals surface area contributed by atoms with Crippen molar-refractivity contribution in [3.8, 4) is 0 Å². The molecule has 1 saturated heterocycles. The van der Waals surface area contributed by atoms with Gasteiger partial charge in [-0.2, -0.15) is 14.0 Å². The van der Waals surface area contributed by atoms with Crippen LogP contribution in [0.5, 0.6) is 0 Å². The van der Waals surface area contributed by atoms with Crippen LogP contribution in [0.1, 0.15) is 33.1 Å². The molecule has 0 aromatic heterocycles. The molecule has 0 radical (unpaired) electrons. The molecular formula is C10H16ClNO4S2. The molecule has 5 nitrogen and oxygen atoms in total. The van der Waals surface area contributed by atoms with Crippen molar-refractivity contribution in [1.82, 2.24) is 4.90 Å². The van der Waals surface area contributed by atoms with Gasteiger partial charge < -0.3 is 0 Å². The predicted octanol–water partition coefficient (Wildman–Crippen LogP) is -0.271. The number of likely N-dealkylation sites (tertiary alicyclic amines) is 1. The van der Waals surface area contributed by atoms with Gasteiger partial charge in [0, 0.05) is 13.1 Å². The van der Waals surface area contributed by atoms with Gasteiger partial charge >= 0.3 is 4.39 Å². The molecular weight excluding hydrogens is 298 g/mol. The zero-order valence-electron chi connectivity index (χ0n) is 10.3. The Labute approximate surface area is 117 Å². The third-order valence-corrected chi connectivity index (χ3v) is 6.64. The highest BCUT2D eigenvalue weighted by atomic mass is 35.7. The molecule has 0 unspecified atom stereocenters. The van der Waals surface area contributed by atoms with E-state index in [9.17, 15) is 14.0 Å².